The lowest BCUT2D eigenvalue weighted by Gasteiger charge is -2.17. The van der Waals surface area contributed by atoms with Crippen LogP contribution in [0.15, 0.2) is 21.1 Å². The highest BCUT2D eigenvalue weighted by atomic mass is 79.9. The molecule has 0 bridgehead atoms. The van der Waals surface area contributed by atoms with Crippen molar-refractivity contribution in [3.8, 4) is 0 Å². The largest absolute Gasteiger partial charge is 0.418 e. The summed E-state index contributed by atoms with van der Waals surface area (Å²) in [5, 5.41) is 9.08. The van der Waals surface area contributed by atoms with Gasteiger partial charge in [-0.15, -0.1) is 0 Å². The van der Waals surface area contributed by atoms with E-state index < -0.39 is 12.3 Å². The lowest BCUT2D eigenvalue weighted by molar-refractivity contribution is -0.207. The molecule has 15 heavy (non-hydrogen) atoms. The van der Waals surface area contributed by atoms with Crippen molar-refractivity contribution in [1.29, 1.82) is 0 Å². The molecule has 1 rings (SSSR count). The van der Waals surface area contributed by atoms with Gasteiger partial charge in [0.25, 0.3) is 0 Å². The third-order valence-electron chi connectivity index (χ3n) is 1.88. The van der Waals surface area contributed by atoms with E-state index in [2.05, 4.69) is 31.9 Å². The Morgan fingerprint density at radius 3 is 2.20 bits per heavy atom. The second-order valence-corrected chi connectivity index (χ2v) is 4.78. The fraction of sp³-hybridized carbons (Fsp3) is 0.333. The van der Waals surface area contributed by atoms with Crippen LogP contribution in [0.4, 0.5) is 13.2 Å². The van der Waals surface area contributed by atoms with Crippen LogP contribution in [0.3, 0.4) is 0 Å². The maximum absolute atomic E-state index is 12.3. The number of hydrogen-bond acceptors (Lipinski definition) is 1. The SMILES string of the molecule is Cc1cc(Br)c(C(O)C(F)(F)F)cc1Br. The molecule has 1 N–H and O–H groups in total. The van der Waals surface area contributed by atoms with Crippen LogP contribution in [0.2, 0.25) is 0 Å². The maximum Gasteiger partial charge on any atom is 0.418 e. The fourth-order valence-corrected chi connectivity index (χ4v) is 2.08. The van der Waals surface area contributed by atoms with Crippen LogP contribution in [-0.2, 0) is 0 Å². The molecule has 6 heteroatoms. The van der Waals surface area contributed by atoms with E-state index in [1.807, 2.05) is 0 Å². The molecule has 1 atom stereocenters. The second-order valence-electron chi connectivity index (χ2n) is 3.07. The zero-order chi connectivity index (χ0) is 11.8. The minimum atomic E-state index is -4.66. The van der Waals surface area contributed by atoms with Gasteiger partial charge in [-0.25, -0.2) is 0 Å². The van der Waals surface area contributed by atoms with Gasteiger partial charge in [0.05, 0.1) is 0 Å². The van der Waals surface area contributed by atoms with E-state index in [1.165, 1.54) is 12.1 Å². The van der Waals surface area contributed by atoms with Crippen molar-refractivity contribution in [3.63, 3.8) is 0 Å². The summed E-state index contributed by atoms with van der Waals surface area (Å²) >= 11 is 6.11. The number of rotatable bonds is 1. The Labute approximate surface area is 102 Å². The van der Waals surface area contributed by atoms with Gasteiger partial charge in [0.2, 0.25) is 0 Å². The molecule has 0 amide bonds. The molecule has 0 saturated carbocycles. The number of aryl methyl sites for hydroxylation is 1. The normalized spacial score (nSPS) is 14.1. The molecule has 0 spiro atoms. The molecular formula is C9H7Br2F3O. The highest BCUT2D eigenvalue weighted by Gasteiger charge is 2.40. The van der Waals surface area contributed by atoms with E-state index in [9.17, 15) is 13.2 Å². The van der Waals surface area contributed by atoms with Crippen molar-refractivity contribution in [2.75, 3.05) is 0 Å². The van der Waals surface area contributed by atoms with Crippen molar-refractivity contribution in [3.05, 3.63) is 32.2 Å². The molecule has 84 valence electrons. The summed E-state index contributed by atoms with van der Waals surface area (Å²) in [4.78, 5) is 0. The Balaban J connectivity index is 3.21. The summed E-state index contributed by atoms with van der Waals surface area (Å²) in [6.07, 6.45) is -7.12. The van der Waals surface area contributed by atoms with E-state index in [0.29, 0.717) is 4.47 Å². The highest BCUT2D eigenvalue weighted by Crippen LogP contribution is 2.38. The molecule has 0 fully saturated rings. The van der Waals surface area contributed by atoms with Gasteiger partial charge in [-0.1, -0.05) is 31.9 Å². The van der Waals surface area contributed by atoms with Crippen LogP contribution in [0.25, 0.3) is 0 Å². The van der Waals surface area contributed by atoms with Gasteiger partial charge in [0.1, 0.15) is 0 Å². The second kappa shape index (κ2) is 4.43. The molecule has 1 unspecified atom stereocenters. The summed E-state index contributed by atoms with van der Waals surface area (Å²) in [6, 6.07) is 2.78. The predicted octanol–water partition coefficient (Wildman–Crippen LogP) is 4.12. The Bertz CT molecular complexity index is 376. The molecule has 1 nitrogen and oxygen atoms in total. The predicted molar refractivity (Wildman–Crippen MR) is 57.6 cm³/mol. The van der Waals surface area contributed by atoms with E-state index in [1.54, 1.807) is 6.92 Å². The van der Waals surface area contributed by atoms with Gasteiger partial charge in [-0.3, -0.25) is 0 Å². The van der Waals surface area contributed by atoms with Crippen molar-refractivity contribution in [2.24, 2.45) is 0 Å². The molecule has 0 aliphatic heterocycles. The van der Waals surface area contributed by atoms with Crippen LogP contribution < -0.4 is 0 Å². The zero-order valence-corrected chi connectivity index (χ0v) is 10.7. The molecule has 0 radical (unpaired) electrons. The summed E-state index contributed by atoms with van der Waals surface area (Å²) in [5.74, 6) is 0. The molecule has 1 aromatic carbocycles. The van der Waals surface area contributed by atoms with Crippen LogP contribution in [0.1, 0.15) is 17.2 Å². The molecule has 1 aromatic rings. The zero-order valence-electron chi connectivity index (χ0n) is 7.57. The number of benzene rings is 1. The van der Waals surface area contributed by atoms with Crippen LogP contribution in [0, 0.1) is 6.92 Å². The topological polar surface area (TPSA) is 20.2 Å². The van der Waals surface area contributed by atoms with Crippen LogP contribution in [-0.4, -0.2) is 11.3 Å². The van der Waals surface area contributed by atoms with Crippen molar-refractivity contribution in [1.82, 2.24) is 0 Å². The number of halogens is 5. The summed E-state index contributed by atoms with van der Waals surface area (Å²) < 4.78 is 37.6. The summed E-state index contributed by atoms with van der Waals surface area (Å²) in [6.45, 7) is 1.75. The first kappa shape index (κ1) is 13.0. The standard InChI is InChI=1S/C9H7Br2F3O/c1-4-2-7(11)5(3-6(4)10)8(15)9(12,13)14/h2-3,8,15H,1H3. The molecular weight excluding hydrogens is 341 g/mol. The number of alkyl halides is 3. The van der Waals surface area contributed by atoms with Crippen molar-refractivity contribution < 1.29 is 18.3 Å². The van der Waals surface area contributed by atoms with Gasteiger partial charge in [-0.05, 0) is 24.6 Å². The fourth-order valence-electron chi connectivity index (χ4n) is 1.05. The third-order valence-corrected chi connectivity index (χ3v) is 3.42. The Morgan fingerprint density at radius 1 is 1.20 bits per heavy atom. The average Bonchev–Trinajstić information content (AvgIpc) is 2.08. The Hall–Kier alpha value is -0.0700. The van der Waals surface area contributed by atoms with Gasteiger partial charge in [0.15, 0.2) is 6.10 Å². The minimum Gasteiger partial charge on any atom is -0.379 e. The molecule has 0 saturated heterocycles. The van der Waals surface area contributed by atoms with Gasteiger partial charge in [0, 0.05) is 14.5 Å². The molecule has 0 aliphatic carbocycles. The summed E-state index contributed by atoms with van der Waals surface area (Å²) in [5.41, 5.74) is 0.597. The first-order valence-corrected chi connectivity index (χ1v) is 5.52. The minimum absolute atomic E-state index is 0.194. The van der Waals surface area contributed by atoms with E-state index in [-0.39, 0.29) is 10.0 Å². The first-order valence-electron chi connectivity index (χ1n) is 3.94. The summed E-state index contributed by atoms with van der Waals surface area (Å²) in [7, 11) is 0. The quantitative estimate of drug-likeness (QED) is 0.810. The highest BCUT2D eigenvalue weighted by molar-refractivity contribution is 9.11. The van der Waals surface area contributed by atoms with Gasteiger partial charge < -0.3 is 5.11 Å². The van der Waals surface area contributed by atoms with E-state index in [0.717, 1.165) is 5.56 Å². The van der Waals surface area contributed by atoms with Crippen LogP contribution in [0.5, 0.6) is 0 Å². The molecule has 0 heterocycles. The van der Waals surface area contributed by atoms with E-state index >= 15 is 0 Å². The van der Waals surface area contributed by atoms with Crippen molar-refractivity contribution >= 4 is 31.9 Å². The van der Waals surface area contributed by atoms with E-state index in [4.69, 9.17) is 5.11 Å². The van der Waals surface area contributed by atoms with Gasteiger partial charge in [-0.2, -0.15) is 13.2 Å². The lowest BCUT2D eigenvalue weighted by atomic mass is 10.1. The lowest BCUT2D eigenvalue weighted by Crippen LogP contribution is -2.20. The Kier molecular flexibility index (Phi) is 3.84. The molecule has 0 aromatic heterocycles. The third kappa shape index (κ3) is 2.95. The number of hydrogen-bond donors (Lipinski definition) is 1. The first-order chi connectivity index (χ1) is 6.73. The smallest absolute Gasteiger partial charge is 0.379 e. The van der Waals surface area contributed by atoms with Gasteiger partial charge >= 0.3 is 6.18 Å². The monoisotopic (exact) mass is 346 g/mol. The molecule has 0 aliphatic rings. The number of aliphatic hydroxyl groups excluding tert-OH is 1. The maximum atomic E-state index is 12.3. The Morgan fingerprint density at radius 2 is 1.73 bits per heavy atom. The van der Waals surface area contributed by atoms with Crippen molar-refractivity contribution in [2.45, 2.75) is 19.2 Å². The number of aliphatic hydroxyl groups is 1. The van der Waals surface area contributed by atoms with Crippen LogP contribution >= 0.6 is 31.9 Å². The average molecular weight is 348 g/mol.